The SMILES string of the molecule is C=C[C@@H]1C[C@]1(NC(=O)[C@@H]1C[C@@H](Oc2cc(-n3cccn3)cc3c(Cl)c(OC)ccc23)CN1C(=O)[C@@H](NC(=O)O[C@@H]1C[C@@H]2C[C@@H]2C1)C(C)(C)C)C(=O)O. The van der Waals surface area contributed by atoms with Crippen LogP contribution in [0.5, 0.6) is 11.5 Å². The summed E-state index contributed by atoms with van der Waals surface area (Å²) in [6.45, 7) is 9.17. The van der Waals surface area contributed by atoms with Crippen LogP contribution in [0.25, 0.3) is 16.5 Å². The second-order valence-electron chi connectivity index (χ2n) is 15.6. The maximum atomic E-state index is 14.6. The lowest BCUT2D eigenvalue weighted by molar-refractivity contribution is -0.146. The molecule has 3 aromatic rings. The van der Waals surface area contributed by atoms with Crippen molar-refractivity contribution in [3.05, 3.63) is 60.4 Å². The van der Waals surface area contributed by atoms with Crippen molar-refractivity contribution in [2.45, 2.75) is 82.7 Å². The zero-order valence-electron chi connectivity index (χ0n) is 29.6. The van der Waals surface area contributed by atoms with Crippen molar-refractivity contribution in [2.24, 2.45) is 23.2 Å². The average molecular weight is 734 g/mol. The zero-order valence-corrected chi connectivity index (χ0v) is 30.4. The Hall–Kier alpha value is -4.78. The first-order valence-corrected chi connectivity index (χ1v) is 18.0. The van der Waals surface area contributed by atoms with Crippen LogP contribution in [0.4, 0.5) is 4.79 Å². The van der Waals surface area contributed by atoms with Crippen LogP contribution < -0.4 is 20.1 Å². The Bertz CT molecular complexity index is 1920. The highest BCUT2D eigenvalue weighted by atomic mass is 35.5. The number of nitrogens with zero attached hydrogens (tertiary/aromatic N) is 3. The van der Waals surface area contributed by atoms with Gasteiger partial charge < -0.3 is 34.9 Å². The second kappa shape index (κ2) is 13.3. The van der Waals surface area contributed by atoms with Crippen LogP contribution in [0.2, 0.25) is 5.02 Å². The summed E-state index contributed by atoms with van der Waals surface area (Å²) in [5.74, 6) is -0.643. The molecular weight excluding hydrogens is 690 g/mol. The molecule has 0 unspecified atom stereocenters. The molecule has 0 spiro atoms. The number of hydrogen-bond donors (Lipinski definition) is 3. The molecule has 3 N–H and O–H groups in total. The normalized spacial score (nSPS) is 28.1. The van der Waals surface area contributed by atoms with Crippen molar-refractivity contribution in [3.63, 3.8) is 0 Å². The Morgan fingerprint density at radius 2 is 1.83 bits per heavy atom. The minimum absolute atomic E-state index is 0.0193. The van der Waals surface area contributed by atoms with Gasteiger partial charge in [-0.05, 0) is 67.2 Å². The molecule has 4 aliphatic rings. The number of rotatable bonds is 11. The predicted octanol–water partition coefficient (Wildman–Crippen LogP) is 5.12. The molecule has 0 radical (unpaired) electrons. The molecule has 3 aliphatic carbocycles. The van der Waals surface area contributed by atoms with E-state index < -0.39 is 58.9 Å². The largest absolute Gasteiger partial charge is 0.495 e. The van der Waals surface area contributed by atoms with Gasteiger partial charge in [-0.3, -0.25) is 9.59 Å². The molecule has 3 saturated carbocycles. The lowest BCUT2D eigenvalue weighted by Crippen LogP contribution is -2.59. The van der Waals surface area contributed by atoms with E-state index in [9.17, 15) is 24.3 Å². The van der Waals surface area contributed by atoms with Crippen molar-refractivity contribution >= 4 is 46.3 Å². The highest BCUT2D eigenvalue weighted by molar-refractivity contribution is 6.37. The van der Waals surface area contributed by atoms with Gasteiger partial charge in [0, 0.05) is 41.6 Å². The van der Waals surface area contributed by atoms with Gasteiger partial charge in [0.2, 0.25) is 11.8 Å². The molecule has 1 aliphatic heterocycles. The van der Waals surface area contributed by atoms with Gasteiger partial charge in [0.25, 0.3) is 0 Å². The van der Waals surface area contributed by atoms with Gasteiger partial charge in [-0.2, -0.15) is 5.10 Å². The van der Waals surface area contributed by atoms with Crippen LogP contribution in [0.3, 0.4) is 0 Å². The second-order valence-corrected chi connectivity index (χ2v) is 15.9. The van der Waals surface area contributed by atoms with E-state index in [1.807, 2.05) is 32.9 Å². The Labute approximate surface area is 306 Å². The molecule has 8 atom stereocenters. The summed E-state index contributed by atoms with van der Waals surface area (Å²) in [7, 11) is 1.53. The van der Waals surface area contributed by atoms with Gasteiger partial charge in [0.1, 0.15) is 41.3 Å². The van der Waals surface area contributed by atoms with Gasteiger partial charge in [0.05, 0.1) is 24.4 Å². The number of amides is 3. The Kier molecular flexibility index (Phi) is 9.13. The molecule has 4 fully saturated rings. The number of nitrogens with one attached hydrogen (secondary N) is 2. The van der Waals surface area contributed by atoms with Crippen LogP contribution >= 0.6 is 11.6 Å². The molecule has 14 heteroatoms. The molecule has 1 aromatic heterocycles. The minimum atomic E-state index is -1.51. The van der Waals surface area contributed by atoms with Crippen molar-refractivity contribution in [1.82, 2.24) is 25.3 Å². The van der Waals surface area contributed by atoms with Crippen LogP contribution in [-0.2, 0) is 19.1 Å². The Balaban J connectivity index is 1.19. The highest BCUT2D eigenvalue weighted by Crippen LogP contribution is 2.52. The van der Waals surface area contributed by atoms with Crippen molar-refractivity contribution in [1.29, 1.82) is 0 Å². The Morgan fingerprint density at radius 3 is 2.44 bits per heavy atom. The number of carbonyl (C=O) groups is 4. The van der Waals surface area contributed by atoms with E-state index in [2.05, 4.69) is 22.3 Å². The zero-order chi connectivity index (χ0) is 37.1. The van der Waals surface area contributed by atoms with E-state index in [-0.39, 0.29) is 25.5 Å². The number of likely N-dealkylation sites (tertiary alicyclic amines) is 1. The maximum absolute atomic E-state index is 14.6. The molecule has 13 nitrogen and oxygen atoms in total. The molecule has 3 amide bonds. The molecule has 0 bridgehead atoms. The molecular formula is C38H44ClN5O8. The van der Waals surface area contributed by atoms with Crippen LogP contribution in [0.1, 0.15) is 52.9 Å². The lowest BCUT2D eigenvalue weighted by atomic mass is 9.85. The number of ether oxygens (including phenoxy) is 3. The standard InChI is InChI=1S/C38H44ClN5O8/c1-6-22-18-38(22,35(47)48)42-33(45)28-17-25(19-43(28)34(46)32(37(2,3)4)41-36(49)52-24-13-20-12-21(20)14-24)51-30-16-23(44-11-7-10-40-44)15-27-26(30)8-9-29(50-5)31(27)39/h6-11,15-16,20-22,24-25,28,32H,1,12-14,17-19H2,2-5H3,(H,41,49)(H,42,45)(H,47,48)/t20-,21+,22-,24+,25-,28+,32-,38-/m1/s1. The van der Waals surface area contributed by atoms with E-state index in [0.717, 1.165) is 12.8 Å². The van der Waals surface area contributed by atoms with Gasteiger partial charge in [-0.15, -0.1) is 6.58 Å². The highest BCUT2D eigenvalue weighted by Gasteiger charge is 2.61. The molecule has 52 heavy (non-hydrogen) atoms. The summed E-state index contributed by atoms with van der Waals surface area (Å²) in [4.78, 5) is 55.5. The number of fused-ring (bicyclic) bond motifs is 2. The smallest absolute Gasteiger partial charge is 0.408 e. The van der Waals surface area contributed by atoms with E-state index >= 15 is 0 Å². The van der Waals surface area contributed by atoms with E-state index in [0.29, 0.717) is 44.8 Å². The van der Waals surface area contributed by atoms with Gasteiger partial charge in [0.15, 0.2) is 0 Å². The summed E-state index contributed by atoms with van der Waals surface area (Å²) in [5, 5.41) is 21.6. The predicted molar refractivity (Wildman–Crippen MR) is 191 cm³/mol. The number of methoxy groups -OCH3 is 1. The molecule has 7 rings (SSSR count). The van der Waals surface area contributed by atoms with Crippen molar-refractivity contribution in [3.8, 4) is 17.2 Å². The number of alkyl carbamates (subject to hydrolysis) is 1. The number of hydrogen-bond acceptors (Lipinski definition) is 8. The fraction of sp³-hybridized carbons (Fsp3) is 0.500. The number of aromatic nitrogens is 2. The quantitative estimate of drug-likeness (QED) is 0.227. The van der Waals surface area contributed by atoms with Gasteiger partial charge >= 0.3 is 12.1 Å². The topological polar surface area (TPSA) is 161 Å². The van der Waals surface area contributed by atoms with Gasteiger partial charge in [-0.1, -0.05) is 38.4 Å². The number of carboxylic acid groups (broad SMARTS) is 1. The summed E-state index contributed by atoms with van der Waals surface area (Å²) in [6, 6.07) is 6.85. The van der Waals surface area contributed by atoms with Crippen molar-refractivity contribution < 1.29 is 38.5 Å². The summed E-state index contributed by atoms with van der Waals surface area (Å²) in [6.07, 6.45) is 6.42. The third-order valence-corrected chi connectivity index (χ3v) is 11.4. The monoisotopic (exact) mass is 733 g/mol. The molecule has 276 valence electrons. The Morgan fingerprint density at radius 1 is 1.08 bits per heavy atom. The summed E-state index contributed by atoms with van der Waals surface area (Å²) in [5.41, 5.74) is -1.63. The lowest BCUT2D eigenvalue weighted by Gasteiger charge is -2.35. The van der Waals surface area contributed by atoms with Crippen LogP contribution in [-0.4, -0.2) is 87.1 Å². The number of carboxylic acids is 1. The summed E-state index contributed by atoms with van der Waals surface area (Å²) >= 11 is 6.78. The molecule has 1 saturated heterocycles. The third kappa shape index (κ3) is 6.66. The number of benzene rings is 2. The molecule has 2 heterocycles. The minimum Gasteiger partial charge on any atom is -0.495 e. The third-order valence-electron chi connectivity index (χ3n) is 11.0. The van der Waals surface area contributed by atoms with Crippen LogP contribution in [0, 0.1) is 23.2 Å². The maximum Gasteiger partial charge on any atom is 0.408 e. The first-order valence-electron chi connectivity index (χ1n) is 17.6. The average Bonchev–Trinajstić information content (AvgIpc) is 3.71. The van der Waals surface area contributed by atoms with Gasteiger partial charge in [-0.25, -0.2) is 14.3 Å². The van der Waals surface area contributed by atoms with E-state index in [4.69, 9.17) is 25.8 Å². The fourth-order valence-electron chi connectivity index (χ4n) is 7.89. The first kappa shape index (κ1) is 35.6. The van der Waals surface area contributed by atoms with E-state index in [1.54, 1.807) is 35.3 Å². The van der Waals surface area contributed by atoms with Crippen molar-refractivity contribution in [2.75, 3.05) is 13.7 Å². The fourth-order valence-corrected chi connectivity index (χ4v) is 8.18. The van der Waals surface area contributed by atoms with E-state index in [1.165, 1.54) is 24.5 Å². The number of carbonyl (C=O) groups excluding carboxylic acids is 3. The first-order chi connectivity index (χ1) is 24.7. The molecule has 2 aromatic carbocycles. The summed E-state index contributed by atoms with van der Waals surface area (Å²) < 4.78 is 19.5. The van der Waals surface area contributed by atoms with Crippen LogP contribution in [0.15, 0.2) is 55.4 Å². The number of aliphatic carboxylic acids is 1. The number of halogens is 1.